The summed E-state index contributed by atoms with van der Waals surface area (Å²) in [5.41, 5.74) is 5.30. The molecule has 37 heavy (non-hydrogen) atoms. The van der Waals surface area contributed by atoms with Crippen LogP contribution in [0.1, 0.15) is 6.42 Å². The van der Waals surface area contributed by atoms with Gasteiger partial charge in [-0.3, -0.25) is 4.99 Å². The molecule has 186 valence electrons. The molecule has 0 spiro atoms. The topological polar surface area (TPSA) is 45.9 Å². The van der Waals surface area contributed by atoms with Gasteiger partial charge in [0.25, 0.3) is 0 Å². The molecule has 7 heteroatoms. The summed E-state index contributed by atoms with van der Waals surface area (Å²) >= 11 is 0. The Bertz CT molecular complexity index is 1670. The van der Waals surface area contributed by atoms with E-state index in [-0.39, 0.29) is 21.1 Å². The zero-order chi connectivity index (χ0) is 24.1. The molecule has 0 amide bonds. The molecule has 0 saturated carbocycles. The van der Waals surface area contributed by atoms with Gasteiger partial charge in [0.05, 0.1) is 0 Å². The third-order valence-electron chi connectivity index (χ3n) is 6.61. The van der Waals surface area contributed by atoms with Gasteiger partial charge in [0.1, 0.15) is 5.82 Å². The summed E-state index contributed by atoms with van der Waals surface area (Å²) in [5, 5.41) is 2.26. The first-order chi connectivity index (χ1) is 17.8. The first-order valence-corrected chi connectivity index (χ1v) is 11.9. The van der Waals surface area contributed by atoms with E-state index in [9.17, 15) is 0 Å². The molecule has 2 aliphatic rings. The maximum atomic E-state index is 6.30. The van der Waals surface area contributed by atoms with Crippen molar-refractivity contribution in [3.05, 3.63) is 109 Å². The molecule has 0 fully saturated rings. The summed E-state index contributed by atoms with van der Waals surface area (Å²) in [6.07, 6.45) is 4.65. The molecular formula is C30H22N5OPt-3. The van der Waals surface area contributed by atoms with Crippen molar-refractivity contribution in [1.82, 2.24) is 14.5 Å². The molecular weight excluding hydrogens is 641 g/mol. The number of benzene rings is 3. The van der Waals surface area contributed by atoms with Gasteiger partial charge >= 0.3 is 0 Å². The Balaban J connectivity index is 0.00000252. The largest absolute Gasteiger partial charge is 0.509 e. The summed E-state index contributed by atoms with van der Waals surface area (Å²) in [4.78, 5) is 13.3. The second kappa shape index (κ2) is 9.53. The van der Waals surface area contributed by atoms with Gasteiger partial charge in [0.15, 0.2) is 0 Å². The first kappa shape index (κ1) is 23.5. The fourth-order valence-electron chi connectivity index (χ4n) is 4.99. The predicted molar refractivity (Wildman–Crippen MR) is 142 cm³/mol. The molecule has 0 bridgehead atoms. The van der Waals surface area contributed by atoms with Crippen LogP contribution in [0.15, 0.2) is 95.4 Å². The van der Waals surface area contributed by atoms with E-state index in [0.717, 1.165) is 52.0 Å². The van der Waals surface area contributed by atoms with Crippen LogP contribution in [0.25, 0.3) is 27.6 Å². The first-order valence-electron chi connectivity index (χ1n) is 11.9. The summed E-state index contributed by atoms with van der Waals surface area (Å²) < 4.78 is 8.43. The van der Waals surface area contributed by atoms with Crippen LogP contribution < -0.4 is 9.64 Å². The smallest absolute Gasteiger partial charge is 0.135 e. The van der Waals surface area contributed by atoms with Crippen molar-refractivity contribution >= 4 is 33.7 Å². The molecule has 0 aliphatic carbocycles. The molecule has 0 N–H and O–H groups in total. The maximum absolute atomic E-state index is 6.30. The summed E-state index contributed by atoms with van der Waals surface area (Å²) in [7, 11) is 2.04. The van der Waals surface area contributed by atoms with Gasteiger partial charge < -0.3 is 19.1 Å². The SMILES string of the molecule is CN1[CH-]N(c2[c-]c(Oc3[c-]c4c(cc3)c3ccccc3n4-c3ccccn3)ccc2)C2=C1C=NCC2.[Pt]. The van der Waals surface area contributed by atoms with Crippen LogP contribution in [-0.2, 0) is 21.1 Å². The molecule has 2 aliphatic heterocycles. The van der Waals surface area contributed by atoms with E-state index in [0.29, 0.717) is 11.5 Å². The molecule has 0 atom stereocenters. The number of para-hydroxylation sites is 1. The number of dihydropyridines is 1. The van der Waals surface area contributed by atoms with E-state index in [2.05, 4.69) is 67.4 Å². The average Bonchev–Trinajstić information content (AvgIpc) is 3.44. The average molecular weight is 664 g/mol. The van der Waals surface area contributed by atoms with Crippen molar-refractivity contribution in [1.29, 1.82) is 0 Å². The normalized spacial score (nSPS) is 14.8. The van der Waals surface area contributed by atoms with Crippen LogP contribution in [0.3, 0.4) is 0 Å². The Morgan fingerprint density at radius 3 is 2.65 bits per heavy atom. The van der Waals surface area contributed by atoms with E-state index in [4.69, 9.17) is 4.74 Å². The summed E-state index contributed by atoms with van der Waals surface area (Å²) in [6, 6.07) is 31.2. The van der Waals surface area contributed by atoms with Crippen molar-refractivity contribution in [3.63, 3.8) is 0 Å². The monoisotopic (exact) mass is 663 g/mol. The minimum absolute atomic E-state index is 0. The van der Waals surface area contributed by atoms with Crippen molar-refractivity contribution in [2.24, 2.45) is 4.99 Å². The van der Waals surface area contributed by atoms with Gasteiger partial charge in [0, 0.05) is 74.9 Å². The van der Waals surface area contributed by atoms with Crippen LogP contribution in [0.5, 0.6) is 11.5 Å². The Hall–Kier alpha value is -3.89. The maximum Gasteiger partial charge on any atom is 0.135 e. The summed E-state index contributed by atoms with van der Waals surface area (Å²) in [6.45, 7) is 2.87. The van der Waals surface area contributed by atoms with Gasteiger partial charge in [-0.1, -0.05) is 29.8 Å². The fraction of sp³-hybridized carbons (Fsp3) is 0.100. The van der Waals surface area contributed by atoms with E-state index < -0.39 is 0 Å². The van der Waals surface area contributed by atoms with Crippen molar-refractivity contribution in [3.8, 4) is 17.3 Å². The number of hydrogen-bond donors (Lipinski definition) is 0. The number of nitrogens with zero attached hydrogens (tertiary/aromatic N) is 5. The second-order valence-electron chi connectivity index (χ2n) is 8.84. The second-order valence-corrected chi connectivity index (χ2v) is 8.84. The molecule has 0 radical (unpaired) electrons. The van der Waals surface area contributed by atoms with Crippen molar-refractivity contribution in [2.45, 2.75) is 6.42 Å². The summed E-state index contributed by atoms with van der Waals surface area (Å²) in [5.74, 6) is 2.11. The van der Waals surface area contributed by atoms with Gasteiger partial charge in [-0.2, -0.15) is 18.8 Å². The number of pyridine rings is 1. The minimum atomic E-state index is 0. The minimum Gasteiger partial charge on any atom is -0.509 e. The van der Waals surface area contributed by atoms with Gasteiger partial charge in [-0.15, -0.1) is 41.4 Å². The molecule has 4 heterocycles. The van der Waals surface area contributed by atoms with Crippen LogP contribution in [0.2, 0.25) is 0 Å². The van der Waals surface area contributed by atoms with Gasteiger partial charge in [0.2, 0.25) is 0 Å². The van der Waals surface area contributed by atoms with E-state index in [1.165, 1.54) is 5.70 Å². The quantitative estimate of drug-likeness (QED) is 0.218. The van der Waals surface area contributed by atoms with Crippen LogP contribution in [0.4, 0.5) is 5.69 Å². The molecule has 0 unspecified atom stereocenters. The number of anilines is 1. The van der Waals surface area contributed by atoms with Crippen molar-refractivity contribution in [2.75, 3.05) is 18.5 Å². The number of aliphatic imine (C=N–C) groups is 1. The number of fused-ring (bicyclic) bond motifs is 3. The standard InChI is InChI=1S/C30H22N5O.Pt/c1-33-20-34(27-14-16-31-19-29(27)33)21-7-6-8-22(17-21)36-23-12-13-25-24-9-2-3-10-26(24)35(28(25)18-23)30-11-4-5-15-32-30;/h2-13,15,19-20H,14,16H2,1H3;/q-3;. The number of rotatable bonds is 4. The molecule has 2 aromatic heterocycles. The Morgan fingerprint density at radius 1 is 0.892 bits per heavy atom. The molecule has 6 nitrogen and oxygen atoms in total. The van der Waals surface area contributed by atoms with Crippen LogP contribution >= 0.6 is 0 Å². The molecule has 0 saturated heterocycles. The van der Waals surface area contributed by atoms with Gasteiger partial charge in [-0.05, 0) is 30.6 Å². The Labute approximate surface area is 229 Å². The van der Waals surface area contributed by atoms with Crippen molar-refractivity contribution < 1.29 is 25.8 Å². The molecule has 3 aromatic carbocycles. The van der Waals surface area contributed by atoms with Gasteiger partial charge in [-0.25, -0.2) is 4.98 Å². The third-order valence-corrected chi connectivity index (χ3v) is 6.61. The fourth-order valence-corrected chi connectivity index (χ4v) is 4.99. The zero-order valence-electron chi connectivity index (χ0n) is 20.0. The number of ether oxygens (including phenoxy) is 1. The Morgan fingerprint density at radius 2 is 1.76 bits per heavy atom. The van der Waals surface area contributed by atoms with E-state index in [1.807, 2.05) is 68.0 Å². The van der Waals surface area contributed by atoms with Crippen LogP contribution in [0, 0.1) is 18.8 Å². The Kier molecular flexibility index (Phi) is 6.05. The number of hydrogen-bond acceptors (Lipinski definition) is 5. The number of allylic oxidation sites excluding steroid dienone is 1. The third kappa shape index (κ3) is 4.02. The molecule has 5 aromatic rings. The molecule has 7 rings (SSSR count). The predicted octanol–water partition coefficient (Wildman–Crippen LogP) is 6.13. The number of aromatic nitrogens is 2. The zero-order valence-corrected chi connectivity index (χ0v) is 22.3. The van der Waals surface area contributed by atoms with E-state index in [1.54, 1.807) is 0 Å². The van der Waals surface area contributed by atoms with E-state index >= 15 is 0 Å². The van der Waals surface area contributed by atoms with Crippen LogP contribution in [-0.4, -0.2) is 34.3 Å².